The van der Waals surface area contributed by atoms with E-state index in [1.807, 2.05) is 25.1 Å². The van der Waals surface area contributed by atoms with Crippen LogP contribution in [0.2, 0.25) is 0 Å². The first-order valence-electron chi connectivity index (χ1n) is 10.7. The van der Waals surface area contributed by atoms with Crippen LogP contribution >= 0.6 is 24.0 Å². The number of carbonyl (C=O) groups excluding carboxylic acids is 2. The molecule has 10 heteroatoms. The van der Waals surface area contributed by atoms with Crippen LogP contribution in [0.5, 0.6) is 5.75 Å². The number of thiocarbonyl (C=S) groups is 1. The molecule has 1 heterocycles. The maximum absolute atomic E-state index is 13.1. The molecule has 1 saturated heterocycles. The number of hydrogen-bond donors (Lipinski definition) is 1. The lowest BCUT2D eigenvalue weighted by Crippen LogP contribution is -2.27. The molecule has 3 aromatic carbocycles. The molecule has 1 aliphatic heterocycles. The van der Waals surface area contributed by atoms with E-state index in [0.29, 0.717) is 17.0 Å². The molecule has 1 fully saturated rings. The van der Waals surface area contributed by atoms with E-state index in [0.717, 1.165) is 34.4 Å². The van der Waals surface area contributed by atoms with Crippen molar-refractivity contribution in [2.24, 2.45) is 0 Å². The van der Waals surface area contributed by atoms with Crippen molar-refractivity contribution in [1.29, 1.82) is 0 Å². The molecule has 1 aliphatic rings. The van der Waals surface area contributed by atoms with E-state index in [2.05, 4.69) is 5.32 Å². The summed E-state index contributed by atoms with van der Waals surface area (Å²) in [5.41, 5.74) is 1.51. The number of rotatable bonds is 6. The van der Waals surface area contributed by atoms with Crippen LogP contribution in [0.15, 0.2) is 77.7 Å². The van der Waals surface area contributed by atoms with E-state index in [1.54, 1.807) is 36.4 Å². The number of ether oxygens (including phenoxy) is 1. The summed E-state index contributed by atoms with van der Waals surface area (Å²) in [6.45, 7) is 1.71. The number of benzene rings is 3. The van der Waals surface area contributed by atoms with Crippen LogP contribution in [0.1, 0.15) is 16.7 Å². The number of alkyl halides is 3. The van der Waals surface area contributed by atoms with Crippen molar-refractivity contribution in [3.63, 3.8) is 0 Å². The first-order valence-corrected chi connectivity index (χ1v) is 11.9. The van der Waals surface area contributed by atoms with Crippen LogP contribution in [-0.4, -0.2) is 22.7 Å². The summed E-state index contributed by atoms with van der Waals surface area (Å²) in [6.07, 6.45) is -2.93. The Morgan fingerprint density at radius 1 is 1.08 bits per heavy atom. The minimum absolute atomic E-state index is 0.0587. The van der Waals surface area contributed by atoms with Gasteiger partial charge in [-0.05, 0) is 60.5 Å². The quantitative estimate of drug-likeness (QED) is 0.295. The predicted octanol–water partition coefficient (Wildman–Crippen LogP) is 6.44. The lowest BCUT2D eigenvalue weighted by Gasteiger charge is -2.16. The Kier molecular flexibility index (Phi) is 7.46. The highest BCUT2D eigenvalue weighted by atomic mass is 32.2. The van der Waals surface area contributed by atoms with E-state index < -0.39 is 17.6 Å². The van der Waals surface area contributed by atoms with Gasteiger partial charge in [-0.2, -0.15) is 13.2 Å². The van der Waals surface area contributed by atoms with Gasteiger partial charge >= 0.3 is 6.18 Å². The van der Waals surface area contributed by atoms with Crippen molar-refractivity contribution >= 4 is 57.6 Å². The molecule has 0 spiro atoms. The summed E-state index contributed by atoms with van der Waals surface area (Å²) >= 11 is 6.26. The normalized spacial score (nSPS) is 14.9. The number of nitrogens with zero attached hydrogens (tertiary/aromatic N) is 1. The van der Waals surface area contributed by atoms with Crippen LogP contribution < -0.4 is 15.0 Å². The van der Waals surface area contributed by atoms with Crippen LogP contribution in [-0.2, 0) is 15.8 Å². The van der Waals surface area contributed by atoms with Crippen molar-refractivity contribution in [3.05, 3.63) is 94.4 Å². The van der Waals surface area contributed by atoms with Gasteiger partial charge in [-0.15, -0.1) is 0 Å². The minimum Gasteiger partial charge on any atom is -0.484 e. The summed E-state index contributed by atoms with van der Waals surface area (Å²) < 4.78 is 44.9. The zero-order valence-corrected chi connectivity index (χ0v) is 20.5. The summed E-state index contributed by atoms with van der Waals surface area (Å²) in [5, 5.41) is 2.79. The van der Waals surface area contributed by atoms with E-state index >= 15 is 0 Å². The average molecular weight is 529 g/mol. The largest absolute Gasteiger partial charge is 0.484 e. The van der Waals surface area contributed by atoms with E-state index in [9.17, 15) is 22.8 Å². The smallest absolute Gasteiger partial charge is 0.416 e. The second-order valence-electron chi connectivity index (χ2n) is 7.79. The molecule has 36 heavy (non-hydrogen) atoms. The average Bonchev–Trinajstić information content (AvgIpc) is 3.12. The zero-order valence-electron chi connectivity index (χ0n) is 18.8. The Hall–Kier alpha value is -3.63. The molecule has 4 rings (SSSR count). The topological polar surface area (TPSA) is 58.6 Å². The third kappa shape index (κ3) is 5.95. The molecule has 0 atom stereocenters. The first-order chi connectivity index (χ1) is 17.1. The van der Waals surface area contributed by atoms with Gasteiger partial charge in [0.15, 0.2) is 10.9 Å². The Labute approximate surface area is 214 Å². The number of hydrogen-bond acceptors (Lipinski definition) is 5. The SMILES string of the molecule is Cc1ccccc1NC(=O)COc1ccc(/C=C2\SC(=S)N(c3cccc(C(F)(F)F)c3)C2=O)cc1. The molecule has 0 aromatic heterocycles. The third-order valence-corrected chi connectivity index (χ3v) is 6.49. The maximum Gasteiger partial charge on any atom is 0.416 e. The monoisotopic (exact) mass is 528 g/mol. The summed E-state index contributed by atoms with van der Waals surface area (Å²) in [5.74, 6) is -0.340. The molecule has 0 saturated carbocycles. The van der Waals surface area contributed by atoms with Gasteiger partial charge < -0.3 is 10.1 Å². The molecule has 0 bridgehead atoms. The van der Waals surface area contributed by atoms with Crippen molar-refractivity contribution in [2.45, 2.75) is 13.1 Å². The minimum atomic E-state index is -4.53. The fourth-order valence-corrected chi connectivity index (χ4v) is 4.67. The Morgan fingerprint density at radius 3 is 2.50 bits per heavy atom. The van der Waals surface area contributed by atoms with Crippen LogP contribution in [0.25, 0.3) is 6.08 Å². The molecule has 3 aromatic rings. The number of nitrogens with one attached hydrogen (secondary N) is 1. The molecule has 184 valence electrons. The van der Waals surface area contributed by atoms with Gasteiger partial charge in [0.2, 0.25) is 0 Å². The van der Waals surface area contributed by atoms with Gasteiger partial charge in [0.1, 0.15) is 5.75 Å². The van der Waals surface area contributed by atoms with Gasteiger partial charge in [-0.3, -0.25) is 14.5 Å². The Morgan fingerprint density at radius 2 is 1.81 bits per heavy atom. The zero-order chi connectivity index (χ0) is 25.9. The number of amides is 2. The van der Waals surface area contributed by atoms with E-state index in [-0.39, 0.29) is 27.4 Å². The maximum atomic E-state index is 13.1. The summed E-state index contributed by atoms with van der Waals surface area (Å²) in [7, 11) is 0. The first kappa shape index (κ1) is 25.5. The van der Waals surface area contributed by atoms with Gasteiger partial charge in [-0.25, -0.2) is 0 Å². The van der Waals surface area contributed by atoms with Gasteiger partial charge in [0.25, 0.3) is 11.8 Å². The third-order valence-electron chi connectivity index (χ3n) is 5.19. The Bertz CT molecular complexity index is 1360. The van der Waals surface area contributed by atoms with Gasteiger partial charge in [-0.1, -0.05) is 60.4 Å². The molecule has 1 N–H and O–H groups in total. The van der Waals surface area contributed by atoms with Gasteiger partial charge in [0.05, 0.1) is 16.2 Å². The predicted molar refractivity (Wildman–Crippen MR) is 139 cm³/mol. The summed E-state index contributed by atoms with van der Waals surface area (Å²) in [4.78, 5) is 26.4. The molecule has 2 amide bonds. The van der Waals surface area contributed by atoms with E-state index in [1.165, 1.54) is 12.1 Å². The molecular weight excluding hydrogens is 509 g/mol. The highest BCUT2D eigenvalue weighted by molar-refractivity contribution is 8.27. The fourth-order valence-electron chi connectivity index (χ4n) is 3.37. The number of carbonyl (C=O) groups is 2. The number of aryl methyl sites for hydroxylation is 1. The van der Waals surface area contributed by atoms with Gasteiger partial charge in [0, 0.05) is 5.69 Å². The molecule has 0 unspecified atom stereocenters. The molecule has 0 aliphatic carbocycles. The highest BCUT2D eigenvalue weighted by Gasteiger charge is 2.36. The van der Waals surface area contributed by atoms with Crippen molar-refractivity contribution in [1.82, 2.24) is 0 Å². The molecule has 5 nitrogen and oxygen atoms in total. The van der Waals surface area contributed by atoms with Crippen LogP contribution in [0.3, 0.4) is 0 Å². The van der Waals surface area contributed by atoms with Crippen molar-refractivity contribution in [2.75, 3.05) is 16.8 Å². The molecule has 0 radical (unpaired) electrons. The second kappa shape index (κ2) is 10.5. The second-order valence-corrected chi connectivity index (χ2v) is 9.46. The van der Waals surface area contributed by atoms with Crippen molar-refractivity contribution < 1.29 is 27.5 Å². The van der Waals surface area contributed by atoms with Crippen LogP contribution in [0, 0.1) is 6.92 Å². The fraction of sp³-hybridized carbons (Fsp3) is 0.115. The number of para-hydroxylation sites is 1. The van der Waals surface area contributed by atoms with E-state index in [4.69, 9.17) is 17.0 Å². The van der Waals surface area contributed by atoms with Crippen LogP contribution in [0.4, 0.5) is 24.5 Å². The highest BCUT2D eigenvalue weighted by Crippen LogP contribution is 2.38. The Balaban J connectivity index is 1.40. The number of thioether (sulfide) groups is 1. The summed E-state index contributed by atoms with van der Waals surface area (Å²) in [6, 6.07) is 18.6. The molecular formula is C26H19F3N2O3S2. The number of anilines is 2. The lowest BCUT2D eigenvalue weighted by molar-refractivity contribution is -0.137. The lowest BCUT2D eigenvalue weighted by atomic mass is 10.1. The standard InChI is InChI=1S/C26H19F3N2O3S2/c1-16-5-2-3-8-21(16)30-23(32)15-34-20-11-9-17(10-12-20)13-22-24(33)31(25(35)36-22)19-7-4-6-18(14-19)26(27,28)29/h2-14H,15H2,1H3,(H,30,32)/b22-13-. The van der Waals surface area contributed by atoms with Crippen molar-refractivity contribution in [3.8, 4) is 5.75 Å². The number of halogens is 3.